The van der Waals surface area contributed by atoms with Crippen LogP contribution in [0.4, 0.5) is 0 Å². The van der Waals surface area contributed by atoms with E-state index in [1.54, 1.807) is 0 Å². The minimum absolute atomic E-state index is 0.520. The second kappa shape index (κ2) is 9.83. The molecule has 2 aromatic carbocycles. The molecule has 0 aliphatic rings. The van der Waals surface area contributed by atoms with Gasteiger partial charge in [-0.15, -0.1) is 0 Å². The van der Waals surface area contributed by atoms with Gasteiger partial charge < -0.3 is 5.11 Å². The summed E-state index contributed by atoms with van der Waals surface area (Å²) in [5.74, 6) is -0.221. The molecule has 0 aromatic heterocycles. The third-order valence-corrected chi connectivity index (χ3v) is 4.76. The summed E-state index contributed by atoms with van der Waals surface area (Å²) in [6, 6.07) is 19.7. The van der Waals surface area contributed by atoms with Gasteiger partial charge in [0.25, 0.3) is 0 Å². The SMILES string of the molecule is CCCC(CC)CCC(C(=O)O)=C(c1ccccc1)c1ccccc1. The van der Waals surface area contributed by atoms with Gasteiger partial charge in [0.2, 0.25) is 0 Å². The van der Waals surface area contributed by atoms with Gasteiger partial charge >= 0.3 is 5.97 Å². The average molecular weight is 336 g/mol. The van der Waals surface area contributed by atoms with Gasteiger partial charge in [0.15, 0.2) is 0 Å². The van der Waals surface area contributed by atoms with Crippen LogP contribution in [0.3, 0.4) is 0 Å². The van der Waals surface area contributed by atoms with Gasteiger partial charge in [-0.3, -0.25) is 0 Å². The van der Waals surface area contributed by atoms with E-state index in [-0.39, 0.29) is 0 Å². The second-order valence-electron chi connectivity index (χ2n) is 6.49. The molecule has 0 spiro atoms. The zero-order valence-electron chi connectivity index (χ0n) is 15.2. The van der Waals surface area contributed by atoms with E-state index in [0.29, 0.717) is 17.9 Å². The Morgan fingerprint density at radius 3 is 1.80 bits per heavy atom. The summed E-state index contributed by atoms with van der Waals surface area (Å²) < 4.78 is 0. The summed E-state index contributed by atoms with van der Waals surface area (Å²) >= 11 is 0. The number of carboxylic acid groups (broad SMARTS) is 1. The number of aliphatic carboxylic acids is 1. The Hall–Kier alpha value is -2.35. The molecule has 0 bridgehead atoms. The van der Waals surface area contributed by atoms with Crippen LogP contribution in [0, 0.1) is 5.92 Å². The molecule has 2 rings (SSSR count). The molecule has 0 amide bonds. The first-order valence-corrected chi connectivity index (χ1v) is 9.24. The Labute approximate surface area is 151 Å². The van der Waals surface area contributed by atoms with E-state index in [1.165, 1.54) is 0 Å². The van der Waals surface area contributed by atoms with Crippen LogP contribution in [-0.4, -0.2) is 11.1 Å². The quantitative estimate of drug-likeness (QED) is 0.555. The van der Waals surface area contributed by atoms with Crippen molar-refractivity contribution in [1.82, 2.24) is 0 Å². The van der Waals surface area contributed by atoms with Gasteiger partial charge in [0, 0.05) is 5.57 Å². The Morgan fingerprint density at radius 2 is 1.40 bits per heavy atom. The lowest BCUT2D eigenvalue weighted by Crippen LogP contribution is -2.08. The molecule has 2 aromatic rings. The van der Waals surface area contributed by atoms with E-state index in [2.05, 4.69) is 13.8 Å². The van der Waals surface area contributed by atoms with Crippen molar-refractivity contribution in [2.45, 2.75) is 46.0 Å². The van der Waals surface area contributed by atoms with Crippen LogP contribution < -0.4 is 0 Å². The highest BCUT2D eigenvalue weighted by Crippen LogP contribution is 2.31. The second-order valence-corrected chi connectivity index (χ2v) is 6.49. The monoisotopic (exact) mass is 336 g/mol. The van der Waals surface area contributed by atoms with Crippen molar-refractivity contribution in [1.29, 1.82) is 0 Å². The summed E-state index contributed by atoms with van der Waals surface area (Å²) in [5, 5.41) is 9.92. The van der Waals surface area contributed by atoms with Gasteiger partial charge in [-0.25, -0.2) is 4.79 Å². The van der Waals surface area contributed by atoms with Crippen LogP contribution in [0.5, 0.6) is 0 Å². The molecule has 0 saturated heterocycles. The zero-order chi connectivity index (χ0) is 18.1. The van der Waals surface area contributed by atoms with Crippen LogP contribution in [0.25, 0.3) is 5.57 Å². The fourth-order valence-electron chi connectivity index (χ4n) is 3.37. The minimum Gasteiger partial charge on any atom is -0.478 e. The molecule has 0 heterocycles. The lowest BCUT2D eigenvalue weighted by atomic mass is 9.87. The van der Waals surface area contributed by atoms with Gasteiger partial charge in [-0.1, -0.05) is 93.8 Å². The van der Waals surface area contributed by atoms with Crippen molar-refractivity contribution < 1.29 is 9.90 Å². The van der Waals surface area contributed by atoms with E-state index in [1.807, 2.05) is 60.7 Å². The van der Waals surface area contributed by atoms with Crippen molar-refractivity contribution in [2.24, 2.45) is 5.92 Å². The highest BCUT2D eigenvalue weighted by atomic mass is 16.4. The molecule has 0 fully saturated rings. The summed E-state index contributed by atoms with van der Waals surface area (Å²) in [4.78, 5) is 12.1. The minimum atomic E-state index is -0.811. The van der Waals surface area contributed by atoms with E-state index < -0.39 is 5.97 Å². The van der Waals surface area contributed by atoms with Crippen LogP contribution in [0.1, 0.15) is 57.1 Å². The molecule has 0 aliphatic heterocycles. The first-order chi connectivity index (χ1) is 12.2. The molecule has 0 saturated carbocycles. The molecule has 1 N–H and O–H groups in total. The highest BCUT2D eigenvalue weighted by molar-refractivity contribution is 6.00. The number of carboxylic acids is 1. The number of rotatable bonds is 9. The Morgan fingerprint density at radius 1 is 0.880 bits per heavy atom. The smallest absolute Gasteiger partial charge is 0.332 e. The maximum atomic E-state index is 12.1. The number of hydrogen-bond acceptors (Lipinski definition) is 1. The summed E-state index contributed by atoms with van der Waals surface area (Å²) in [5.41, 5.74) is 3.30. The maximum absolute atomic E-state index is 12.1. The fourth-order valence-corrected chi connectivity index (χ4v) is 3.37. The third-order valence-electron chi connectivity index (χ3n) is 4.76. The van der Waals surface area contributed by atoms with Crippen molar-refractivity contribution in [3.8, 4) is 0 Å². The lowest BCUT2D eigenvalue weighted by molar-refractivity contribution is -0.132. The van der Waals surface area contributed by atoms with E-state index in [4.69, 9.17) is 0 Å². The molecular weight excluding hydrogens is 308 g/mol. The highest BCUT2D eigenvalue weighted by Gasteiger charge is 2.19. The molecular formula is C23H28O2. The van der Waals surface area contributed by atoms with E-state index in [0.717, 1.165) is 42.4 Å². The third kappa shape index (κ3) is 5.32. The normalized spacial score (nSPS) is 11.8. The molecule has 0 radical (unpaired) electrons. The van der Waals surface area contributed by atoms with Crippen molar-refractivity contribution in [3.63, 3.8) is 0 Å². The van der Waals surface area contributed by atoms with E-state index >= 15 is 0 Å². The summed E-state index contributed by atoms with van der Waals surface area (Å²) in [6.07, 6.45) is 4.94. The standard InChI is InChI=1S/C23H28O2/c1-3-11-18(4-2)16-17-21(23(24)25)22(19-12-7-5-8-13-19)20-14-9-6-10-15-20/h5-10,12-15,18H,3-4,11,16-17H2,1-2H3,(H,24,25). The Bertz CT molecular complexity index is 645. The fraction of sp³-hybridized carbons (Fsp3) is 0.348. The predicted molar refractivity (Wildman–Crippen MR) is 104 cm³/mol. The molecule has 25 heavy (non-hydrogen) atoms. The topological polar surface area (TPSA) is 37.3 Å². The van der Waals surface area contributed by atoms with E-state index in [9.17, 15) is 9.90 Å². The van der Waals surface area contributed by atoms with Crippen molar-refractivity contribution in [3.05, 3.63) is 77.4 Å². The van der Waals surface area contributed by atoms with Gasteiger partial charge in [0.05, 0.1) is 0 Å². The van der Waals surface area contributed by atoms with Crippen molar-refractivity contribution in [2.75, 3.05) is 0 Å². The van der Waals surface area contributed by atoms with Gasteiger partial charge in [-0.05, 0) is 35.5 Å². The van der Waals surface area contributed by atoms with Crippen LogP contribution in [0.15, 0.2) is 66.2 Å². The molecule has 132 valence electrons. The number of carbonyl (C=O) groups is 1. The van der Waals surface area contributed by atoms with Crippen LogP contribution in [-0.2, 0) is 4.79 Å². The zero-order valence-corrected chi connectivity index (χ0v) is 15.2. The van der Waals surface area contributed by atoms with Crippen LogP contribution >= 0.6 is 0 Å². The number of benzene rings is 2. The number of hydrogen-bond donors (Lipinski definition) is 1. The largest absolute Gasteiger partial charge is 0.478 e. The average Bonchev–Trinajstić information content (AvgIpc) is 2.65. The van der Waals surface area contributed by atoms with Crippen LogP contribution in [0.2, 0.25) is 0 Å². The summed E-state index contributed by atoms with van der Waals surface area (Å²) in [6.45, 7) is 4.38. The van der Waals surface area contributed by atoms with Crippen molar-refractivity contribution >= 4 is 11.5 Å². The maximum Gasteiger partial charge on any atom is 0.332 e. The Kier molecular flexibility index (Phi) is 7.46. The Balaban J connectivity index is 2.46. The summed E-state index contributed by atoms with van der Waals surface area (Å²) in [7, 11) is 0. The molecule has 1 atom stereocenters. The lowest BCUT2D eigenvalue weighted by Gasteiger charge is -2.17. The predicted octanol–water partition coefficient (Wildman–Crippen LogP) is 6.18. The molecule has 1 unspecified atom stereocenters. The van der Waals surface area contributed by atoms with Gasteiger partial charge in [0.1, 0.15) is 0 Å². The molecule has 2 heteroatoms. The molecule has 0 aliphatic carbocycles. The first-order valence-electron chi connectivity index (χ1n) is 9.24. The molecule has 2 nitrogen and oxygen atoms in total. The van der Waals surface area contributed by atoms with Gasteiger partial charge in [-0.2, -0.15) is 0 Å². The first kappa shape index (κ1) is 19.0.